The number of amides is 1. The Labute approximate surface area is 169 Å². The molecule has 0 aliphatic heterocycles. The molecule has 0 radical (unpaired) electrons. The van der Waals surface area contributed by atoms with Gasteiger partial charge < -0.3 is 11.1 Å². The van der Waals surface area contributed by atoms with Gasteiger partial charge in [0, 0.05) is 24.5 Å². The largest absolute Gasteiger partial charge is 0.416 e. The number of benzene rings is 2. The lowest BCUT2D eigenvalue weighted by Gasteiger charge is -2.14. The second-order valence-electron chi connectivity index (χ2n) is 6.05. The summed E-state index contributed by atoms with van der Waals surface area (Å²) in [5, 5.41) is 2.57. The third-order valence-electron chi connectivity index (χ3n) is 4.11. The van der Waals surface area contributed by atoms with Gasteiger partial charge in [-0.05, 0) is 46.5 Å². The zero-order valence-corrected chi connectivity index (χ0v) is 15.6. The van der Waals surface area contributed by atoms with Gasteiger partial charge in [0.1, 0.15) is 0 Å². The van der Waals surface area contributed by atoms with Gasteiger partial charge in [-0.3, -0.25) is 4.79 Å². The van der Waals surface area contributed by atoms with E-state index in [-0.39, 0.29) is 12.1 Å². The van der Waals surface area contributed by atoms with Gasteiger partial charge >= 0.3 is 12.7 Å². The van der Waals surface area contributed by atoms with Crippen molar-refractivity contribution in [1.82, 2.24) is 5.32 Å². The van der Waals surface area contributed by atoms with Gasteiger partial charge in [-0.15, -0.1) is 0 Å². The molecule has 2 aromatic rings. The fraction of sp³-hybridized carbons (Fsp3) is 0.143. The molecule has 0 spiro atoms. The molecule has 158 valence electrons. The minimum Gasteiger partial charge on any atom is -0.404 e. The van der Waals surface area contributed by atoms with Crippen molar-refractivity contribution in [2.75, 3.05) is 0 Å². The third-order valence-corrected chi connectivity index (χ3v) is 4.11. The van der Waals surface area contributed by atoms with Crippen molar-refractivity contribution in [3.05, 3.63) is 78.0 Å². The van der Waals surface area contributed by atoms with Gasteiger partial charge in [0.2, 0.25) is 5.91 Å². The molecule has 0 aromatic heterocycles. The summed E-state index contributed by atoms with van der Waals surface area (Å²) in [6.45, 7) is 0.452. The highest BCUT2D eigenvalue weighted by atomic mass is 19.4. The van der Waals surface area contributed by atoms with E-state index in [1.807, 2.05) is 0 Å². The highest BCUT2D eigenvalue weighted by Crippen LogP contribution is 2.32. The van der Waals surface area contributed by atoms with Crippen LogP contribution in [0.5, 0.6) is 0 Å². The number of carbonyl (C=O) groups is 1. The zero-order valence-electron chi connectivity index (χ0n) is 15.6. The standard InChI is InChI=1S/C21H18F5N3O/c1-2-19(30)28-11-15-4-3-14(9-18(15)16(10-27)12-29-20(22)23)13-5-7-17(8-6-13)21(24,25)26/h2-10,12,20H,1,11,27H2,(H,28,30)/b16-10+,29-12+. The lowest BCUT2D eigenvalue weighted by Crippen LogP contribution is -2.20. The Bertz CT molecular complexity index is 964. The van der Waals surface area contributed by atoms with Crippen LogP contribution in [0.2, 0.25) is 0 Å². The zero-order chi connectivity index (χ0) is 22.3. The maximum Gasteiger partial charge on any atom is 0.416 e. The van der Waals surface area contributed by atoms with Crippen molar-refractivity contribution < 1.29 is 26.7 Å². The van der Waals surface area contributed by atoms with E-state index in [1.165, 1.54) is 12.1 Å². The molecule has 30 heavy (non-hydrogen) atoms. The van der Waals surface area contributed by atoms with Crippen LogP contribution in [-0.2, 0) is 17.5 Å². The Balaban J connectivity index is 2.49. The van der Waals surface area contributed by atoms with Crippen molar-refractivity contribution in [1.29, 1.82) is 0 Å². The van der Waals surface area contributed by atoms with E-state index < -0.39 is 24.2 Å². The van der Waals surface area contributed by atoms with Crippen LogP contribution >= 0.6 is 0 Å². The van der Waals surface area contributed by atoms with Crippen LogP contribution in [0.1, 0.15) is 16.7 Å². The lowest BCUT2D eigenvalue weighted by atomic mass is 9.94. The first-order valence-electron chi connectivity index (χ1n) is 8.60. The molecule has 0 aliphatic carbocycles. The Kier molecular flexibility index (Phi) is 7.46. The number of nitrogens with zero attached hydrogens (tertiary/aromatic N) is 1. The van der Waals surface area contributed by atoms with Gasteiger partial charge in [-0.1, -0.05) is 30.8 Å². The summed E-state index contributed by atoms with van der Waals surface area (Å²) in [6, 6.07) is 9.34. The average Bonchev–Trinajstić information content (AvgIpc) is 2.72. The van der Waals surface area contributed by atoms with Gasteiger partial charge in [0.25, 0.3) is 0 Å². The molecule has 0 heterocycles. The maximum absolute atomic E-state index is 12.8. The minimum atomic E-state index is -4.46. The summed E-state index contributed by atoms with van der Waals surface area (Å²) >= 11 is 0. The second-order valence-corrected chi connectivity index (χ2v) is 6.05. The molecule has 0 bridgehead atoms. The van der Waals surface area contributed by atoms with Crippen molar-refractivity contribution in [3.8, 4) is 11.1 Å². The first kappa shape index (κ1) is 22.8. The van der Waals surface area contributed by atoms with Crippen LogP contribution in [0.4, 0.5) is 22.0 Å². The normalized spacial score (nSPS) is 12.4. The molecular weight excluding hydrogens is 405 g/mol. The fourth-order valence-electron chi connectivity index (χ4n) is 2.62. The SMILES string of the molecule is C=CC(=O)NCc1ccc(-c2ccc(C(F)(F)F)cc2)cc1C(=C/N)/C=N/C(F)F. The first-order valence-corrected chi connectivity index (χ1v) is 8.60. The van der Waals surface area contributed by atoms with Crippen LogP contribution in [0.25, 0.3) is 16.7 Å². The van der Waals surface area contributed by atoms with Crippen molar-refractivity contribution in [2.24, 2.45) is 10.7 Å². The van der Waals surface area contributed by atoms with Crippen LogP contribution < -0.4 is 11.1 Å². The highest BCUT2D eigenvalue weighted by molar-refractivity contribution is 6.10. The molecule has 0 saturated carbocycles. The Morgan fingerprint density at radius 3 is 2.30 bits per heavy atom. The molecular formula is C21H18F5N3O. The number of nitrogens with one attached hydrogen (secondary N) is 1. The van der Waals surface area contributed by atoms with Gasteiger partial charge in [0.05, 0.1) is 5.56 Å². The number of hydrogen-bond donors (Lipinski definition) is 2. The summed E-state index contributed by atoms with van der Waals surface area (Å²) in [5.74, 6) is -0.438. The van der Waals surface area contributed by atoms with E-state index in [4.69, 9.17) is 5.73 Å². The Morgan fingerprint density at radius 2 is 1.77 bits per heavy atom. The maximum atomic E-state index is 12.8. The van der Waals surface area contributed by atoms with Crippen molar-refractivity contribution in [2.45, 2.75) is 19.3 Å². The van der Waals surface area contributed by atoms with E-state index in [0.717, 1.165) is 30.6 Å². The molecule has 0 aliphatic rings. The number of rotatable bonds is 7. The molecule has 3 N–H and O–H groups in total. The predicted octanol–water partition coefficient (Wildman–Crippen LogP) is 4.77. The summed E-state index contributed by atoms with van der Waals surface area (Å²) in [7, 11) is 0. The fourth-order valence-corrected chi connectivity index (χ4v) is 2.62. The number of halogens is 5. The van der Waals surface area contributed by atoms with Crippen LogP contribution in [0.3, 0.4) is 0 Å². The van der Waals surface area contributed by atoms with Crippen molar-refractivity contribution >= 4 is 17.7 Å². The summed E-state index contributed by atoms with van der Waals surface area (Å²) < 4.78 is 63.3. The van der Waals surface area contributed by atoms with E-state index >= 15 is 0 Å². The Morgan fingerprint density at radius 1 is 1.13 bits per heavy atom. The second kappa shape index (κ2) is 9.82. The Hall–Kier alpha value is -3.49. The third kappa shape index (κ3) is 6.00. The molecule has 0 fully saturated rings. The minimum absolute atomic E-state index is 0.0489. The smallest absolute Gasteiger partial charge is 0.404 e. The average molecular weight is 423 g/mol. The number of carbonyl (C=O) groups excluding carboxylic acids is 1. The van der Waals surface area contributed by atoms with Crippen molar-refractivity contribution in [3.63, 3.8) is 0 Å². The molecule has 2 aromatic carbocycles. The van der Waals surface area contributed by atoms with Crippen LogP contribution in [-0.4, -0.2) is 18.7 Å². The molecule has 9 heteroatoms. The monoisotopic (exact) mass is 423 g/mol. The van der Waals surface area contributed by atoms with E-state index in [2.05, 4.69) is 16.9 Å². The van der Waals surface area contributed by atoms with E-state index in [0.29, 0.717) is 22.3 Å². The van der Waals surface area contributed by atoms with Crippen LogP contribution in [0.15, 0.2) is 66.3 Å². The van der Waals surface area contributed by atoms with Gasteiger partial charge in [-0.25, -0.2) is 4.99 Å². The lowest BCUT2D eigenvalue weighted by molar-refractivity contribution is -0.137. The summed E-state index contributed by atoms with van der Waals surface area (Å²) in [5.41, 5.74) is 6.88. The number of allylic oxidation sites excluding steroid dienone is 1. The summed E-state index contributed by atoms with van der Waals surface area (Å²) in [4.78, 5) is 14.5. The molecule has 0 atom stereocenters. The predicted molar refractivity (Wildman–Crippen MR) is 106 cm³/mol. The number of hydrogen-bond acceptors (Lipinski definition) is 3. The van der Waals surface area contributed by atoms with E-state index in [1.54, 1.807) is 18.2 Å². The van der Waals surface area contributed by atoms with Gasteiger partial charge in [-0.2, -0.15) is 22.0 Å². The van der Waals surface area contributed by atoms with Crippen LogP contribution in [0, 0.1) is 0 Å². The first-order chi connectivity index (χ1) is 14.2. The number of alkyl halides is 5. The highest BCUT2D eigenvalue weighted by Gasteiger charge is 2.30. The quantitative estimate of drug-likeness (QED) is 0.292. The number of nitrogens with two attached hydrogens (primary N) is 1. The molecule has 1 amide bonds. The molecule has 0 unspecified atom stereocenters. The molecule has 0 saturated heterocycles. The number of aliphatic imine (C=N–C) groups is 1. The van der Waals surface area contributed by atoms with Gasteiger partial charge in [0.15, 0.2) is 0 Å². The summed E-state index contributed by atoms with van der Waals surface area (Å²) in [6.07, 6.45) is -1.40. The topological polar surface area (TPSA) is 67.5 Å². The van der Waals surface area contributed by atoms with E-state index in [9.17, 15) is 26.7 Å². The molecule has 4 nitrogen and oxygen atoms in total. The molecule has 2 rings (SSSR count).